The minimum absolute atomic E-state index is 0.0965. The lowest BCUT2D eigenvalue weighted by Gasteiger charge is -2.33. The topological polar surface area (TPSA) is 89.9 Å². The van der Waals surface area contributed by atoms with Gasteiger partial charge in [0.15, 0.2) is 0 Å². The van der Waals surface area contributed by atoms with Crippen molar-refractivity contribution < 1.29 is 19.9 Å². The molecule has 1 aliphatic heterocycles. The number of hydrogen-bond acceptors (Lipinski definition) is 4. The number of amides is 2. The Hall–Kier alpha value is -1.92. The second-order valence-electron chi connectivity index (χ2n) is 6.50. The maximum atomic E-state index is 12.8. The zero-order valence-corrected chi connectivity index (χ0v) is 13.0. The Labute approximate surface area is 135 Å². The summed E-state index contributed by atoms with van der Waals surface area (Å²) in [5, 5.41) is 17.7. The van der Waals surface area contributed by atoms with Gasteiger partial charge in [-0.1, -0.05) is 6.07 Å². The summed E-state index contributed by atoms with van der Waals surface area (Å²) in [6.07, 6.45) is 3.74. The van der Waals surface area contributed by atoms with Crippen LogP contribution in [0.1, 0.15) is 40.7 Å². The number of hydroxylamine groups is 1. The first-order valence-electron chi connectivity index (χ1n) is 8.06. The molecule has 1 aromatic rings. The fraction of sp³-hybridized carbons (Fsp3) is 0.529. The molecule has 6 heteroatoms. The van der Waals surface area contributed by atoms with E-state index >= 15 is 0 Å². The van der Waals surface area contributed by atoms with E-state index in [1.54, 1.807) is 17.6 Å². The van der Waals surface area contributed by atoms with Gasteiger partial charge in [-0.3, -0.25) is 14.8 Å². The van der Waals surface area contributed by atoms with Crippen LogP contribution in [0.15, 0.2) is 18.2 Å². The largest absolute Gasteiger partial charge is 0.396 e. The number of aryl methyl sites for hydroxylation is 1. The van der Waals surface area contributed by atoms with Crippen molar-refractivity contribution in [1.29, 1.82) is 0 Å². The van der Waals surface area contributed by atoms with Gasteiger partial charge < -0.3 is 10.0 Å². The molecule has 0 bridgehead atoms. The molecule has 0 radical (unpaired) electrons. The molecule has 0 unspecified atom stereocenters. The maximum Gasteiger partial charge on any atom is 0.274 e. The number of fused-ring (bicyclic) bond motifs is 1. The number of rotatable bonds is 4. The van der Waals surface area contributed by atoms with Crippen LogP contribution >= 0.6 is 0 Å². The van der Waals surface area contributed by atoms with E-state index in [1.807, 2.05) is 11.0 Å². The highest BCUT2D eigenvalue weighted by atomic mass is 16.5. The van der Waals surface area contributed by atoms with Crippen LogP contribution in [0, 0.1) is 5.41 Å². The molecule has 1 aliphatic carbocycles. The molecule has 6 nitrogen and oxygen atoms in total. The zero-order chi connectivity index (χ0) is 16.4. The monoisotopic (exact) mass is 318 g/mol. The molecule has 1 heterocycles. The quantitative estimate of drug-likeness (QED) is 0.568. The maximum absolute atomic E-state index is 12.8. The van der Waals surface area contributed by atoms with Crippen LogP contribution in [-0.4, -0.2) is 46.7 Å². The molecule has 0 saturated carbocycles. The number of carbonyl (C=O) groups excluding carboxylic acids is 2. The summed E-state index contributed by atoms with van der Waals surface area (Å²) in [6, 6.07) is 5.40. The van der Waals surface area contributed by atoms with E-state index in [2.05, 4.69) is 0 Å². The molecule has 2 aliphatic rings. The van der Waals surface area contributed by atoms with E-state index in [0.29, 0.717) is 24.9 Å². The predicted molar refractivity (Wildman–Crippen MR) is 83.1 cm³/mol. The standard InChI is InChI=1S/C17H22N2O4/c20-9-1-7-19-8-6-17(16(19)22)5-4-12-2-3-13(15(21)18-23)10-14(12)11-17/h2-3,10,20,23H,1,4-9,11H2,(H,18,21)/t17-/m0/s1. The van der Waals surface area contributed by atoms with Gasteiger partial charge >= 0.3 is 0 Å². The number of nitrogens with zero attached hydrogens (tertiary/aromatic N) is 1. The highest BCUT2D eigenvalue weighted by Gasteiger charge is 2.47. The van der Waals surface area contributed by atoms with Crippen LogP contribution in [-0.2, 0) is 17.6 Å². The number of nitrogens with one attached hydrogen (secondary N) is 1. The van der Waals surface area contributed by atoms with Crippen LogP contribution in [0.2, 0.25) is 0 Å². The molecule has 3 rings (SSSR count). The number of hydrogen-bond donors (Lipinski definition) is 3. The van der Waals surface area contributed by atoms with E-state index in [0.717, 1.165) is 31.4 Å². The Kier molecular flexibility index (Phi) is 4.37. The summed E-state index contributed by atoms with van der Waals surface area (Å²) in [6.45, 7) is 1.45. The van der Waals surface area contributed by atoms with Gasteiger partial charge in [0.05, 0.1) is 5.41 Å². The van der Waals surface area contributed by atoms with Crippen LogP contribution in [0.25, 0.3) is 0 Å². The third-order valence-corrected chi connectivity index (χ3v) is 5.16. The van der Waals surface area contributed by atoms with Crippen LogP contribution in [0.4, 0.5) is 0 Å². The zero-order valence-electron chi connectivity index (χ0n) is 13.0. The number of likely N-dealkylation sites (tertiary alicyclic amines) is 1. The van der Waals surface area contributed by atoms with Gasteiger partial charge in [0, 0.05) is 25.3 Å². The summed E-state index contributed by atoms with van der Waals surface area (Å²) >= 11 is 0. The minimum Gasteiger partial charge on any atom is -0.396 e. The van der Waals surface area contributed by atoms with Crippen molar-refractivity contribution in [3.63, 3.8) is 0 Å². The lowest BCUT2D eigenvalue weighted by Crippen LogP contribution is -2.39. The SMILES string of the molecule is O=C(NO)c1ccc2c(c1)C[C@]1(CC2)CCN(CCCO)C1=O. The third kappa shape index (κ3) is 2.84. The summed E-state index contributed by atoms with van der Waals surface area (Å²) in [4.78, 5) is 26.2. The first-order valence-corrected chi connectivity index (χ1v) is 8.06. The van der Waals surface area contributed by atoms with E-state index < -0.39 is 5.91 Å². The van der Waals surface area contributed by atoms with Gasteiger partial charge in [-0.25, -0.2) is 5.48 Å². The van der Waals surface area contributed by atoms with Gasteiger partial charge in [0.2, 0.25) is 5.91 Å². The van der Waals surface area contributed by atoms with E-state index in [4.69, 9.17) is 10.3 Å². The molecule has 1 saturated heterocycles. The molecular weight excluding hydrogens is 296 g/mol. The Balaban J connectivity index is 1.82. The van der Waals surface area contributed by atoms with Crippen molar-refractivity contribution in [2.75, 3.05) is 19.7 Å². The van der Waals surface area contributed by atoms with Crippen molar-refractivity contribution >= 4 is 11.8 Å². The molecule has 0 aromatic heterocycles. The molecule has 1 fully saturated rings. The Morgan fingerprint density at radius 1 is 1.30 bits per heavy atom. The number of aliphatic hydroxyl groups excluding tert-OH is 1. The fourth-order valence-corrected chi connectivity index (χ4v) is 3.83. The molecule has 1 atom stereocenters. The first-order chi connectivity index (χ1) is 11.1. The number of benzene rings is 1. The summed E-state index contributed by atoms with van der Waals surface area (Å²) in [5.74, 6) is -0.358. The normalized spacial score (nSPS) is 23.2. The van der Waals surface area contributed by atoms with Crippen LogP contribution < -0.4 is 5.48 Å². The Bertz CT molecular complexity index is 631. The van der Waals surface area contributed by atoms with Crippen molar-refractivity contribution in [2.45, 2.75) is 32.1 Å². The highest BCUT2D eigenvalue weighted by molar-refractivity contribution is 5.93. The lowest BCUT2D eigenvalue weighted by atomic mass is 9.70. The molecule has 1 aromatic carbocycles. The van der Waals surface area contributed by atoms with Gasteiger partial charge in [-0.05, 0) is 55.4 Å². The van der Waals surface area contributed by atoms with Crippen molar-refractivity contribution in [1.82, 2.24) is 10.4 Å². The van der Waals surface area contributed by atoms with Crippen molar-refractivity contribution in [3.05, 3.63) is 34.9 Å². The molecule has 124 valence electrons. The first kappa shape index (κ1) is 16.0. The lowest BCUT2D eigenvalue weighted by molar-refractivity contribution is -0.136. The van der Waals surface area contributed by atoms with E-state index in [-0.39, 0.29) is 17.9 Å². The van der Waals surface area contributed by atoms with Crippen LogP contribution in [0.5, 0.6) is 0 Å². The molecule has 23 heavy (non-hydrogen) atoms. The van der Waals surface area contributed by atoms with Gasteiger partial charge in [0.25, 0.3) is 5.91 Å². The van der Waals surface area contributed by atoms with Gasteiger partial charge in [0.1, 0.15) is 0 Å². The number of aliphatic hydroxyl groups is 1. The molecule has 2 amide bonds. The van der Waals surface area contributed by atoms with E-state index in [1.165, 1.54) is 5.56 Å². The summed E-state index contributed by atoms with van der Waals surface area (Å²) in [5.41, 5.74) is 3.89. The predicted octanol–water partition coefficient (Wildman–Crippen LogP) is 0.895. The molecule has 1 spiro atoms. The van der Waals surface area contributed by atoms with Gasteiger partial charge in [-0.2, -0.15) is 0 Å². The van der Waals surface area contributed by atoms with Gasteiger partial charge in [-0.15, -0.1) is 0 Å². The fourth-order valence-electron chi connectivity index (χ4n) is 3.83. The van der Waals surface area contributed by atoms with Crippen molar-refractivity contribution in [2.24, 2.45) is 5.41 Å². The second-order valence-corrected chi connectivity index (χ2v) is 6.50. The third-order valence-electron chi connectivity index (χ3n) is 5.16. The minimum atomic E-state index is -0.533. The van der Waals surface area contributed by atoms with E-state index in [9.17, 15) is 9.59 Å². The highest BCUT2D eigenvalue weighted by Crippen LogP contribution is 2.43. The number of carbonyl (C=O) groups is 2. The average molecular weight is 318 g/mol. The second kappa shape index (κ2) is 6.29. The average Bonchev–Trinajstić information content (AvgIpc) is 2.87. The Morgan fingerprint density at radius 2 is 2.13 bits per heavy atom. The molecular formula is C17H22N2O4. The smallest absolute Gasteiger partial charge is 0.274 e. The molecule has 3 N–H and O–H groups in total. The van der Waals surface area contributed by atoms with Crippen molar-refractivity contribution in [3.8, 4) is 0 Å². The van der Waals surface area contributed by atoms with Crippen LogP contribution in [0.3, 0.4) is 0 Å². The Morgan fingerprint density at radius 3 is 2.87 bits per heavy atom. The summed E-state index contributed by atoms with van der Waals surface area (Å²) < 4.78 is 0. The summed E-state index contributed by atoms with van der Waals surface area (Å²) in [7, 11) is 0.